The van der Waals surface area contributed by atoms with Gasteiger partial charge in [-0.1, -0.05) is 113 Å². The zero-order chi connectivity index (χ0) is 26.6. The zero-order valence-corrected chi connectivity index (χ0v) is 24.7. The molecule has 0 N–H and O–H groups in total. The minimum Gasteiger partial charge on any atom is -0.107 e. The van der Waals surface area contributed by atoms with E-state index in [1.165, 1.54) is 66.8 Å². The van der Waals surface area contributed by atoms with E-state index in [0.29, 0.717) is 11.1 Å². The van der Waals surface area contributed by atoms with E-state index in [1.807, 2.05) is 0 Å². The molecule has 0 spiro atoms. The maximum absolute atomic E-state index is 4.65. The highest BCUT2D eigenvalue weighted by atomic mass is 28.3. The molecule has 4 aromatic rings. The van der Waals surface area contributed by atoms with Crippen LogP contribution in [0.25, 0.3) is 22.3 Å². The largest absolute Gasteiger partial charge is 0.107 e. The third-order valence-electron chi connectivity index (χ3n) is 9.61. The van der Waals surface area contributed by atoms with Crippen molar-refractivity contribution in [2.24, 2.45) is 0 Å². The van der Waals surface area contributed by atoms with Crippen LogP contribution in [-0.2, 0) is 25.7 Å². The van der Waals surface area contributed by atoms with E-state index in [0.717, 1.165) is 25.7 Å². The first-order chi connectivity index (χ1) is 18.5. The summed E-state index contributed by atoms with van der Waals surface area (Å²) in [7, 11) is -2.24. The van der Waals surface area contributed by atoms with E-state index in [-0.39, 0.29) is 0 Å². The van der Waals surface area contributed by atoms with Gasteiger partial charge in [0, 0.05) is 11.1 Å². The second kappa shape index (κ2) is 9.54. The van der Waals surface area contributed by atoms with Gasteiger partial charge in [0.15, 0.2) is 0 Å². The molecule has 6 rings (SSSR count). The van der Waals surface area contributed by atoms with Gasteiger partial charge in [0.05, 0.1) is 8.07 Å². The Morgan fingerprint density at radius 3 is 1.00 bits per heavy atom. The minimum absolute atomic E-state index is 0.391. The van der Waals surface area contributed by atoms with Crippen molar-refractivity contribution in [2.45, 2.75) is 71.0 Å². The molecule has 0 saturated heterocycles. The molecule has 1 heteroatoms. The second-order valence-electron chi connectivity index (χ2n) is 11.5. The number of rotatable bonds is 7. The van der Waals surface area contributed by atoms with Gasteiger partial charge in [-0.15, -0.1) is 6.58 Å². The molecule has 0 bridgehead atoms. The Morgan fingerprint density at radius 1 is 0.526 bits per heavy atom. The lowest BCUT2D eigenvalue weighted by molar-refractivity contribution is 0.998. The van der Waals surface area contributed by atoms with Crippen molar-refractivity contribution in [1.82, 2.24) is 0 Å². The lowest BCUT2D eigenvalue weighted by Crippen LogP contribution is -2.43. The van der Waals surface area contributed by atoms with Gasteiger partial charge in [0.25, 0.3) is 0 Å². The smallest absolute Gasteiger partial charge is 0.0983 e. The molecule has 0 amide bonds. The number of hydrogen-bond donors (Lipinski definition) is 0. The van der Waals surface area contributed by atoms with E-state index in [1.54, 1.807) is 0 Å². The summed E-state index contributed by atoms with van der Waals surface area (Å²) in [6.07, 6.45) is 4.27. The summed E-state index contributed by atoms with van der Waals surface area (Å²) < 4.78 is 0. The van der Waals surface area contributed by atoms with Crippen LogP contribution in [0.4, 0.5) is 0 Å². The molecule has 0 aromatic heterocycles. The molecule has 0 fully saturated rings. The van der Waals surface area contributed by atoms with Gasteiger partial charge in [0.1, 0.15) is 0 Å². The van der Waals surface area contributed by atoms with Crippen molar-refractivity contribution in [2.75, 3.05) is 0 Å². The molecular weight excluding hydrogens is 472 g/mol. The first kappa shape index (κ1) is 25.1. The summed E-state index contributed by atoms with van der Waals surface area (Å²) in [5.74, 6) is 0. The Balaban J connectivity index is 1.65. The van der Waals surface area contributed by atoms with Crippen molar-refractivity contribution in [3.63, 3.8) is 0 Å². The summed E-state index contributed by atoms with van der Waals surface area (Å²) in [6, 6.07) is 29.1. The van der Waals surface area contributed by atoms with Gasteiger partial charge in [0.2, 0.25) is 0 Å². The highest BCUT2D eigenvalue weighted by Gasteiger charge is 2.51. The molecule has 0 nitrogen and oxygen atoms in total. The van der Waals surface area contributed by atoms with E-state index >= 15 is 0 Å². The normalized spacial score (nSPS) is 14.2. The molecule has 2 aliphatic rings. The topological polar surface area (TPSA) is 0 Å². The molecule has 0 heterocycles. The molecule has 4 aromatic carbocycles. The van der Waals surface area contributed by atoms with Gasteiger partial charge < -0.3 is 0 Å². The van der Waals surface area contributed by atoms with Crippen LogP contribution in [0.1, 0.15) is 83.3 Å². The maximum atomic E-state index is 4.65. The average molecular weight is 513 g/mol. The van der Waals surface area contributed by atoms with Gasteiger partial charge in [-0.05, 0) is 92.4 Å². The summed E-state index contributed by atoms with van der Waals surface area (Å²) >= 11 is 0. The molecular formula is C37H40Si. The van der Waals surface area contributed by atoms with Crippen LogP contribution in [0.2, 0.25) is 6.55 Å². The monoisotopic (exact) mass is 512 g/mol. The summed E-state index contributed by atoms with van der Waals surface area (Å²) in [5, 5.41) is 0. The standard InChI is InChI=1S/C37H40Si/c1-7-24-12-16-28-29-17-13-25(8-2)21-33(29)36(32(28)20-24)38(6,11-5)37-34-22-26(9-3)14-18-30(34)31-19-15-27(10-4)23-35(31)37/h11-23,36-37H,5,7-10H2,1-4,6H3. The summed E-state index contributed by atoms with van der Waals surface area (Å²) in [6.45, 7) is 16.4. The fourth-order valence-electron chi connectivity index (χ4n) is 7.34. The van der Waals surface area contributed by atoms with Crippen LogP contribution >= 0.6 is 0 Å². The molecule has 0 saturated carbocycles. The fourth-order valence-corrected chi connectivity index (χ4v) is 11.8. The summed E-state index contributed by atoms with van der Waals surface area (Å²) in [5.41, 5.74) is 20.9. The lowest BCUT2D eigenvalue weighted by atomic mass is 10.0. The highest BCUT2D eigenvalue weighted by molar-refractivity contribution is 6.87. The number of benzene rings is 4. The lowest BCUT2D eigenvalue weighted by Gasteiger charge is -2.39. The van der Waals surface area contributed by atoms with Crippen LogP contribution in [0.3, 0.4) is 0 Å². The SMILES string of the molecule is C=C[Si](C)(C1c2cc(CC)ccc2-c2ccc(CC)cc21)C1c2cc(CC)ccc2-c2ccc(CC)cc21. The number of fused-ring (bicyclic) bond motifs is 6. The Morgan fingerprint density at radius 2 is 0.789 bits per heavy atom. The zero-order valence-electron chi connectivity index (χ0n) is 23.7. The summed E-state index contributed by atoms with van der Waals surface area (Å²) in [4.78, 5) is 0. The van der Waals surface area contributed by atoms with Crippen molar-refractivity contribution < 1.29 is 0 Å². The maximum Gasteiger partial charge on any atom is 0.0983 e. The molecule has 192 valence electrons. The molecule has 0 atom stereocenters. The van der Waals surface area contributed by atoms with E-state index in [2.05, 4.69) is 119 Å². The first-order valence-electron chi connectivity index (χ1n) is 14.6. The molecule has 0 unspecified atom stereocenters. The minimum atomic E-state index is -2.24. The Kier molecular flexibility index (Phi) is 6.31. The number of aryl methyl sites for hydroxylation is 4. The fraction of sp³-hybridized carbons (Fsp3) is 0.297. The van der Waals surface area contributed by atoms with Crippen LogP contribution in [0.5, 0.6) is 0 Å². The Labute approximate surface area is 230 Å². The predicted molar refractivity (Wildman–Crippen MR) is 167 cm³/mol. The molecule has 38 heavy (non-hydrogen) atoms. The molecule has 2 aliphatic carbocycles. The Hall–Kier alpha value is -3.16. The van der Waals surface area contributed by atoms with Crippen molar-refractivity contribution >= 4 is 8.07 Å². The van der Waals surface area contributed by atoms with Crippen molar-refractivity contribution in [3.05, 3.63) is 130 Å². The predicted octanol–water partition coefficient (Wildman–Crippen LogP) is 9.74. The van der Waals surface area contributed by atoms with Gasteiger partial charge in [-0.3, -0.25) is 0 Å². The number of hydrogen-bond acceptors (Lipinski definition) is 0. The second-order valence-corrected chi connectivity index (χ2v) is 15.8. The van der Waals surface area contributed by atoms with E-state index in [4.69, 9.17) is 0 Å². The van der Waals surface area contributed by atoms with Crippen LogP contribution in [0, 0.1) is 0 Å². The third kappa shape index (κ3) is 3.62. The molecule has 0 radical (unpaired) electrons. The van der Waals surface area contributed by atoms with E-state index in [9.17, 15) is 0 Å². The van der Waals surface area contributed by atoms with Crippen molar-refractivity contribution in [3.8, 4) is 22.3 Å². The third-order valence-corrected chi connectivity index (χ3v) is 14.2. The van der Waals surface area contributed by atoms with E-state index < -0.39 is 8.07 Å². The van der Waals surface area contributed by atoms with Crippen LogP contribution in [0.15, 0.2) is 85.1 Å². The molecule has 0 aliphatic heterocycles. The average Bonchev–Trinajstić information content (AvgIpc) is 3.47. The van der Waals surface area contributed by atoms with Crippen LogP contribution in [-0.4, -0.2) is 8.07 Å². The first-order valence-corrected chi connectivity index (χ1v) is 17.4. The van der Waals surface area contributed by atoms with Gasteiger partial charge in [-0.2, -0.15) is 0 Å². The van der Waals surface area contributed by atoms with Crippen molar-refractivity contribution in [1.29, 1.82) is 0 Å². The van der Waals surface area contributed by atoms with Gasteiger partial charge >= 0.3 is 0 Å². The highest BCUT2D eigenvalue weighted by Crippen LogP contribution is 2.58. The quantitative estimate of drug-likeness (QED) is 0.216. The van der Waals surface area contributed by atoms with Crippen LogP contribution < -0.4 is 0 Å². The van der Waals surface area contributed by atoms with Gasteiger partial charge in [-0.25, -0.2) is 0 Å². The Bertz CT molecular complexity index is 1340.